The number of benzene rings is 1. The summed E-state index contributed by atoms with van der Waals surface area (Å²) in [7, 11) is 3.01. The van der Waals surface area contributed by atoms with Crippen LogP contribution in [0.15, 0.2) is 36.7 Å². The second kappa shape index (κ2) is 8.44. The zero-order valence-electron chi connectivity index (χ0n) is 15.9. The van der Waals surface area contributed by atoms with Crippen molar-refractivity contribution in [3.63, 3.8) is 0 Å². The van der Waals surface area contributed by atoms with E-state index in [4.69, 9.17) is 25.8 Å². The van der Waals surface area contributed by atoms with Gasteiger partial charge in [-0.25, -0.2) is 4.98 Å². The largest absolute Gasteiger partial charge is 0.467 e. The maximum Gasteiger partial charge on any atom is 0.324 e. The van der Waals surface area contributed by atoms with Crippen molar-refractivity contribution in [1.29, 1.82) is 0 Å². The number of nitrogens with zero attached hydrogens (tertiary/aromatic N) is 6. The van der Waals surface area contributed by atoms with Gasteiger partial charge in [0.15, 0.2) is 0 Å². The molecule has 1 unspecified atom stereocenters. The lowest BCUT2D eigenvalue weighted by Gasteiger charge is -2.24. The SMILES string of the molecule is COc1nc(OC)nc(N2CCCC2c2cncc(Oc3ccc(Cl)cc3)n2)n1. The molecule has 1 saturated heterocycles. The van der Waals surface area contributed by atoms with Crippen LogP contribution in [-0.4, -0.2) is 45.7 Å². The number of hydrogen-bond donors (Lipinski definition) is 0. The van der Waals surface area contributed by atoms with E-state index in [9.17, 15) is 0 Å². The number of methoxy groups -OCH3 is 2. The van der Waals surface area contributed by atoms with Gasteiger partial charge < -0.3 is 19.1 Å². The van der Waals surface area contributed by atoms with Crippen LogP contribution in [0.4, 0.5) is 5.95 Å². The van der Waals surface area contributed by atoms with Crippen LogP contribution in [0.2, 0.25) is 5.02 Å². The molecule has 0 amide bonds. The van der Waals surface area contributed by atoms with Crippen molar-refractivity contribution >= 4 is 17.5 Å². The van der Waals surface area contributed by atoms with E-state index in [0.717, 1.165) is 25.1 Å². The molecule has 1 atom stereocenters. The Hall–Kier alpha value is -3.20. The molecule has 0 bridgehead atoms. The highest BCUT2D eigenvalue weighted by atomic mass is 35.5. The fraction of sp³-hybridized carbons (Fsp3) is 0.316. The first kappa shape index (κ1) is 19.1. The van der Waals surface area contributed by atoms with Crippen LogP contribution in [-0.2, 0) is 0 Å². The van der Waals surface area contributed by atoms with Gasteiger partial charge in [0.25, 0.3) is 0 Å². The van der Waals surface area contributed by atoms with E-state index in [1.807, 2.05) is 4.90 Å². The predicted octanol–water partition coefficient (Wildman–Crippen LogP) is 3.47. The first-order valence-corrected chi connectivity index (χ1v) is 9.40. The third kappa shape index (κ3) is 4.29. The molecule has 4 rings (SSSR count). The third-order valence-electron chi connectivity index (χ3n) is 4.47. The summed E-state index contributed by atoms with van der Waals surface area (Å²) in [4.78, 5) is 23.8. The zero-order valence-corrected chi connectivity index (χ0v) is 16.7. The maximum atomic E-state index is 5.92. The highest BCUT2D eigenvalue weighted by Crippen LogP contribution is 2.35. The van der Waals surface area contributed by atoms with Gasteiger partial charge >= 0.3 is 12.0 Å². The van der Waals surface area contributed by atoms with Crippen molar-refractivity contribution < 1.29 is 14.2 Å². The molecule has 0 spiro atoms. The van der Waals surface area contributed by atoms with Gasteiger partial charge in [-0.15, -0.1) is 4.98 Å². The van der Waals surface area contributed by atoms with Gasteiger partial charge in [-0.2, -0.15) is 9.97 Å². The van der Waals surface area contributed by atoms with Gasteiger partial charge in [-0.1, -0.05) is 11.6 Å². The Labute approximate surface area is 172 Å². The highest BCUT2D eigenvalue weighted by Gasteiger charge is 2.31. The van der Waals surface area contributed by atoms with Crippen LogP contribution >= 0.6 is 11.6 Å². The molecule has 1 fully saturated rings. The van der Waals surface area contributed by atoms with E-state index in [1.54, 1.807) is 36.7 Å². The molecule has 0 aliphatic carbocycles. The lowest BCUT2D eigenvalue weighted by atomic mass is 10.1. The van der Waals surface area contributed by atoms with Gasteiger partial charge in [-0.05, 0) is 37.1 Å². The molecule has 3 heterocycles. The molecule has 9 nitrogen and oxygen atoms in total. The maximum absolute atomic E-state index is 5.92. The summed E-state index contributed by atoms with van der Waals surface area (Å²) >= 11 is 5.92. The molecule has 150 valence electrons. The molecule has 1 aliphatic rings. The molecule has 0 N–H and O–H groups in total. The number of hydrogen-bond acceptors (Lipinski definition) is 9. The quantitative estimate of drug-likeness (QED) is 0.600. The van der Waals surface area contributed by atoms with Crippen LogP contribution in [0.3, 0.4) is 0 Å². The second-order valence-electron chi connectivity index (χ2n) is 6.30. The highest BCUT2D eigenvalue weighted by molar-refractivity contribution is 6.30. The van der Waals surface area contributed by atoms with Crippen LogP contribution in [0.1, 0.15) is 24.6 Å². The molecule has 1 aliphatic heterocycles. The Morgan fingerprint density at radius 3 is 2.38 bits per heavy atom. The van der Waals surface area contributed by atoms with Crippen molar-refractivity contribution in [3.05, 3.63) is 47.4 Å². The second-order valence-corrected chi connectivity index (χ2v) is 6.73. The standard InChI is InChI=1S/C19H19ClN6O3/c1-27-18-23-17(24-19(25-18)28-2)26-9-3-4-15(26)14-10-21-11-16(22-14)29-13-7-5-12(20)6-8-13/h5-8,10-11,15H,3-4,9H2,1-2H3. The van der Waals surface area contributed by atoms with Gasteiger partial charge in [0.1, 0.15) is 5.75 Å². The van der Waals surface area contributed by atoms with E-state index in [2.05, 4.69) is 24.9 Å². The minimum absolute atomic E-state index is 0.0481. The first-order valence-electron chi connectivity index (χ1n) is 9.02. The van der Waals surface area contributed by atoms with Crippen LogP contribution in [0.5, 0.6) is 23.7 Å². The van der Waals surface area contributed by atoms with Gasteiger partial charge in [-0.3, -0.25) is 4.98 Å². The predicted molar refractivity (Wildman–Crippen MR) is 106 cm³/mol. The van der Waals surface area contributed by atoms with E-state index >= 15 is 0 Å². The van der Waals surface area contributed by atoms with Crippen molar-refractivity contribution in [2.45, 2.75) is 18.9 Å². The average Bonchev–Trinajstić information content (AvgIpc) is 3.25. The Bertz CT molecular complexity index is 966. The fourth-order valence-electron chi connectivity index (χ4n) is 3.15. The summed E-state index contributed by atoms with van der Waals surface area (Å²) in [6.07, 6.45) is 5.15. The van der Waals surface area contributed by atoms with E-state index in [0.29, 0.717) is 22.6 Å². The lowest BCUT2D eigenvalue weighted by Crippen LogP contribution is -2.26. The number of aromatic nitrogens is 5. The molecule has 2 aromatic heterocycles. The molecule has 1 aromatic carbocycles. The van der Waals surface area contributed by atoms with Crippen molar-refractivity contribution in [2.24, 2.45) is 0 Å². The summed E-state index contributed by atoms with van der Waals surface area (Å²) in [5, 5.41) is 0.641. The Balaban J connectivity index is 1.60. The minimum Gasteiger partial charge on any atom is -0.467 e. The molecule has 0 saturated carbocycles. The van der Waals surface area contributed by atoms with Crippen molar-refractivity contribution in [2.75, 3.05) is 25.7 Å². The van der Waals surface area contributed by atoms with E-state index < -0.39 is 0 Å². The summed E-state index contributed by atoms with van der Waals surface area (Å²) < 4.78 is 16.1. The molecule has 29 heavy (non-hydrogen) atoms. The molecule has 0 radical (unpaired) electrons. The Morgan fingerprint density at radius 1 is 0.966 bits per heavy atom. The van der Waals surface area contributed by atoms with Gasteiger partial charge in [0, 0.05) is 11.6 Å². The summed E-state index contributed by atoms with van der Waals surface area (Å²) in [5.41, 5.74) is 0.771. The summed E-state index contributed by atoms with van der Waals surface area (Å²) in [6, 6.07) is 7.42. The van der Waals surface area contributed by atoms with Crippen LogP contribution in [0.25, 0.3) is 0 Å². The summed E-state index contributed by atoms with van der Waals surface area (Å²) in [6.45, 7) is 0.769. The molecule has 10 heteroatoms. The Kier molecular flexibility index (Phi) is 5.57. The van der Waals surface area contributed by atoms with Crippen molar-refractivity contribution in [3.8, 4) is 23.7 Å². The molecular formula is C19H19ClN6O3. The van der Waals surface area contributed by atoms with Gasteiger partial charge in [0.2, 0.25) is 11.8 Å². The minimum atomic E-state index is -0.0481. The summed E-state index contributed by atoms with van der Waals surface area (Å²) in [5.74, 6) is 1.51. The average molecular weight is 415 g/mol. The van der Waals surface area contributed by atoms with E-state index in [-0.39, 0.29) is 18.1 Å². The number of ether oxygens (including phenoxy) is 3. The topological polar surface area (TPSA) is 95.4 Å². The van der Waals surface area contributed by atoms with Crippen molar-refractivity contribution in [1.82, 2.24) is 24.9 Å². The third-order valence-corrected chi connectivity index (χ3v) is 4.72. The number of halogens is 1. The zero-order chi connectivity index (χ0) is 20.2. The number of anilines is 1. The van der Waals surface area contributed by atoms with E-state index in [1.165, 1.54) is 14.2 Å². The lowest BCUT2D eigenvalue weighted by molar-refractivity contribution is 0.339. The monoisotopic (exact) mass is 414 g/mol. The normalized spacial score (nSPS) is 16.0. The Morgan fingerprint density at radius 2 is 1.69 bits per heavy atom. The van der Waals surface area contributed by atoms with Crippen LogP contribution < -0.4 is 19.1 Å². The molecule has 3 aromatic rings. The van der Waals surface area contributed by atoms with Crippen LogP contribution in [0, 0.1) is 0 Å². The number of rotatable bonds is 6. The molecular weight excluding hydrogens is 396 g/mol. The fourth-order valence-corrected chi connectivity index (χ4v) is 3.27. The first-order chi connectivity index (χ1) is 14.2. The smallest absolute Gasteiger partial charge is 0.324 e. The van der Waals surface area contributed by atoms with Gasteiger partial charge in [0.05, 0.1) is 38.3 Å².